The van der Waals surface area contributed by atoms with Gasteiger partial charge in [0.15, 0.2) is 5.82 Å². The smallest absolute Gasteiger partial charge is 0.229 e. The molecule has 0 aliphatic carbocycles. The predicted molar refractivity (Wildman–Crippen MR) is 97.5 cm³/mol. The van der Waals surface area contributed by atoms with Gasteiger partial charge in [0.05, 0.1) is 5.92 Å². The zero-order chi connectivity index (χ0) is 19.4. The van der Waals surface area contributed by atoms with Crippen molar-refractivity contribution in [2.24, 2.45) is 5.92 Å². The van der Waals surface area contributed by atoms with Crippen molar-refractivity contribution in [1.82, 2.24) is 24.9 Å². The molecule has 1 aliphatic rings. The molecule has 8 heteroatoms. The number of nitrogens with zero attached hydrogens (tertiary/aromatic N) is 5. The van der Waals surface area contributed by atoms with E-state index in [1.165, 1.54) is 0 Å². The number of hydrogen-bond donors (Lipinski definition) is 0. The van der Waals surface area contributed by atoms with Gasteiger partial charge in [0.1, 0.15) is 0 Å². The van der Waals surface area contributed by atoms with E-state index in [9.17, 15) is 9.59 Å². The molecule has 1 saturated heterocycles. The first-order valence-electron chi connectivity index (χ1n) is 9.18. The van der Waals surface area contributed by atoms with Gasteiger partial charge in [-0.1, -0.05) is 19.0 Å². The van der Waals surface area contributed by atoms with Crippen LogP contribution in [0.4, 0.5) is 0 Å². The highest BCUT2D eigenvalue weighted by molar-refractivity contribution is 5.89. The fourth-order valence-corrected chi connectivity index (χ4v) is 3.09. The van der Waals surface area contributed by atoms with E-state index in [4.69, 9.17) is 4.52 Å². The molecule has 27 heavy (non-hydrogen) atoms. The van der Waals surface area contributed by atoms with E-state index >= 15 is 0 Å². The Labute approximate surface area is 158 Å². The Balaban J connectivity index is 1.51. The average molecular weight is 371 g/mol. The highest BCUT2D eigenvalue weighted by Crippen LogP contribution is 2.22. The molecular weight excluding hydrogens is 346 g/mol. The summed E-state index contributed by atoms with van der Waals surface area (Å²) in [7, 11) is 1.75. The first-order valence-corrected chi connectivity index (χ1v) is 9.18. The number of rotatable bonds is 7. The molecule has 3 heterocycles. The first kappa shape index (κ1) is 19.0. The Morgan fingerprint density at radius 3 is 2.78 bits per heavy atom. The first-order chi connectivity index (χ1) is 12.9. The van der Waals surface area contributed by atoms with Crippen LogP contribution in [0.25, 0.3) is 0 Å². The Bertz CT molecular complexity index is 790. The molecule has 0 spiro atoms. The molecule has 2 aromatic rings. The number of hydrogen-bond acceptors (Lipinski definition) is 6. The molecular formula is C19H25N5O3. The summed E-state index contributed by atoms with van der Waals surface area (Å²) in [6, 6.07) is 3.76. The van der Waals surface area contributed by atoms with Gasteiger partial charge in [-0.3, -0.25) is 14.6 Å². The minimum atomic E-state index is -0.305. The summed E-state index contributed by atoms with van der Waals surface area (Å²) in [4.78, 5) is 36.7. The third-order valence-corrected chi connectivity index (χ3v) is 4.71. The van der Waals surface area contributed by atoms with Crippen LogP contribution in [0.5, 0.6) is 0 Å². The van der Waals surface area contributed by atoms with Crippen molar-refractivity contribution in [3.63, 3.8) is 0 Å². The summed E-state index contributed by atoms with van der Waals surface area (Å²) in [6.45, 7) is 5.42. The quantitative estimate of drug-likeness (QED) is 0.735. The van der Waals surface area contributed by atoms with Crippen molar-refractivity contribution in [3.8, 4) is 0 Å². The van der Waals surface area contributed by atoms with Crippen LogP contribution in [0.2, 0.25) is 0 Å². The highest BCUT2D eigenvalue weighted by Gasteiger charge is 2.35. The maximum Gasteiger partial charge on any atom is 0.229 e. The molecule has 1 aliphatic heterocycles. The van der Waals surface area contributed by atoms with Crippen molar-refractivity contribution in [1.29, 1.82) is 0 Å². The number of pyridine rings is 1. The summed E-state index contributed by atoms with van der Waals surface area (Å²) in [6.07, 6.45) is 4.19. The number of aromatic nitrogens is 3. The Hall–Kier alpha value is -2.77. The fraction of sp³-hybridized carbons (Fsp3) is 0.526. The van der Waals surface area contributed by atoms with Crippen LogP contribution >= 0.6 is 0 Å². The van der Waals surface area contributed by atoms with Crippen LogP contribution in [-0.2, 0) is 22.6 Å². The van der Waals surface area contributed by atoms with Gasteiger partial charge in [0.2, 0.25) is 17.7 Å². The second-order valence-electron chi connectivity index (χ2n) is 7.24. The van der Waals surface area contributed by atoms with E-state index in [0.29, 0.717) is 37.8 Å². The maximum atomic E-state index is 12.7. The molecule has 1 unspecified atom stereocenters. The molecule has 3 rings (SSSR count). The molecule has 0 bridgehead atoms. The second-order valence-corrected chi connectivity index (χ2v) is 7.24. The maximum absolute atomic E-state index is 12.7. The third kappa shape index (κ3) is 4.69. The lowest BCUT2D eigenvalue weighted by Crippen LogP contribution is -2.36. The van der Waals surface area contributed by atoms with E-state index in [1.807, 2.05) is 26.0 Å². The normalized spacial score (nSPS) is 17.0. The predicted octanol–water partition coefficient (Wildman–Crippen LogP) is 1.64. The average Bonchev–Trinajstić information content (AvgIpc) is 3.27. The number of amides is 2. The molecule has 0 radical (unpaired) electrons. The number of likely N-dealkylation sites (tertiary alicyclic amines) is 1. The number of likely N-dealkylation sites (N-methyl/N-ethyl adjacent to an activating group) is 1. The summed E-state index contributed by atoms with van der Waals surface area (Å²) in [5, 5.41) is 3.95. The second kappa shape index (κ2) is 8.28. The van der Waals surface area contributed by atoms with Gasteiger partial charge in [-0.05, 0) is 17.7 Å². The molecule has 144 valence electrons. The van der Waals surface area contributed by atoms with E-state index in [2.05, 4.69) is 15.1 Å². The summed E-state index contributed by atoms with van der Waals surface area (Å²) in [5.41, 5.74) is 1.01. The van der Waals surface area contributed by atoms with Gasteiger partial charge in [-0.25, -0.2) is 0 Å². The van der Waals surface area contributed by atoms with Gasteiger partial charge in [-0.2, -0.15) is 4.98 Å². The fourth-order valence-electron chi connectivity index (χ4n) is 3.09. The van der Waals surface area contributed by atoms with Crippen LogP contribution in [0, 0.1) is 5.92 Å². The minimum Gasteiger partial charge on any atom is -0.345 e. The molecule has 1 atom stereocenters. The third-order valence-electron chi connectivity index (χ3n) is 4.71. The summed E-state index contributed by atoms with van der Waals surface area (Å²) >= 11 is 0. The zero-order valence-corrected chi connectivity index (χ0v) is 16.0. The van der Waals surface area contributed by atoms with Gasteiger partial charge >= 0.3 is 0 Å². The number of carbonyl (C=O) groups is 2. The SMILES string of the molecule is CC(C)c1nc(CCN(C)C(=O)C2CC(=O)N(Cc3ccncc3)C2)no1. The van der Waals surface area contributed by atoms with Gasteiger partial charge < -0.3 is 14.3 Å². The van der Waals surface area contributed by atoms with Crippen molar-refractivity contribution < 1.29 is 14.1 Å². The standard InChI is InChI=1S/C19H25N5O3/c1-13(2)18-21-16(22-27-18)6-9-23(3)19(26)15-10-17(25)24(12-15)11-14-4-7-20-8-5-14/h4-5,7-8,13,15H,6,9-12H2,1-3H3. The van der Waals surface area contributed by atoms with Crippen LogP contribution in [0.15, 0.2) is 29.0 Å². The van der Waals surface area contributed by atoms with Crippen molar-refractivity contribution >= 4 is 11.8 Å². The highest BCUT2D eigenvalue weighted by atomic mass is 16.5. The molecule has 1 fully saturated rings. The Kier molecular flexibility index (Phi) is 5.83. The molecule has 2 amide bonds. The van der Waals surface area contributed by atoms with Crippen LogP contribution in [-0.4, -0.2) is 56.9 Å². The Morgan fingerprint density at radius 2 is 2.11 bits per heavy atom. The minimum absolute atomic E-state index is 0.0123. The van der Waals surface area contributed by atoms with Crippen molar-refractivity contribution in [2.45, 2.75) is 39.2 Å². The summed E-state index contributed by atoms with van der Waals surface area (Å²) in [5.74, 6) is 1.07. The molecule has 0 N–H and O–H groups in total. The van der Waals surface area contributed by atoms with Gasteiger partial charge in [0, 0.05) is 57.8 Å². The van der Waals surface area contributed by atoms with Gasteiger partial charge in [0.25, 0.3) is 0 Å². The van der Waals surface area contributed by atoms with E-state index in [0.717, 1.165) is 5.56 Å². The van der Waals surface area contributed by atoms with E-state index < -0.39 is 0 Å². The van der Waals surface area contributed by atoms with Crippen LogP contribution in [0.3, 0.4) is 0 Å². The number of carbonyl (C=O) groups excluding carboxylic acids is 2. The topological polar surface area (TPSA) is 92.4 Å². The molecule has 0 saturated carbocycles. The molecule has 2 aromatic heterocycles. The molecule has 8 nitrogen and oxygen atoms in total. The van der Waals surface area contributed by atoms with Crippen molar-refractivity contribution in [2.75, 3.05) is 20.1 Å². The lowest BCUT2D eigenvalue weighted by atomic mass is 10.1. The van der Waals surface area contributed by atoms with Crippen molar-refractivity contribution in [3.05, 3.63) is 41.8 Å². The monoisotopic (exact) mass is 371 g/mol. The lowest BCUT2D eigenvalue weighted by molar-refractivity contribution is -0.134. The Morgan fingerprint density at radius 1 is 1.37 bits per heavy atom. The van der Waals surface area contributed by atoms with E-state index in [-0.39, 0.29) is 30.1 Å². The lowest BCUT2D eigenvalue weighted by Gasteiger charge is -2.21. The van der Waals surface area contributed by atoms with Crippen LogP contribution < -0.4 is 0 Å². The summed E-state index contributed by atoms with van der Waals surface area (Å²) < 4.78 is 5.18. The van der Waals surface area contributed by atoms with Gasteiger partial charge in [-0.15, -0.1) is 0 Å². The zero-order valence-electron chi connectivity index (χ0n) is 16.0. The van der Waals surface area contributed by atoms with E-state index in [1.54, 1.807) is 29.2 Å². The molecule has 0 aromatic carbocycles. The largest absolute Gasteiger partial charge is 0.345 e. The van der Waals surface area contributed by atoms with Crippen LogP contribution in [0.1, 0.15) is 43.5 Å².